The van der Waals surface area contributed by atoms with Crippen LogP contribution in [0.15, 0.2) is 24.4 Å². The molecule has 7 nitrogen and oxygen atoms in total. The van der Waals surface area contributed by atoms with Gasteiger partial charge in [-0.3, -0.25) is 0 Å². The third kappa shape index (κ3) is 4.11. The summed E-state index contributed by atoms with van der Waals surface area (Å²) in [6.07, 6.45) is 4.03. The van der Waals surface area contributed by atoms with E-state index in [0.717, 1.165) is 47.9 Å². The number of ether oxygens (including phenoxy) is 3. The predicted octanol–water partition coefficient (Wildman–Crippen LogP) is 3.88. The van der Waals surface area contributed by atoms with E-state index in [1.54, 1.807) is 21.3 Å². The highest BCUT2D eigenvalue weighted by Crippen LogP contribution is 2.42. The molecule has 0 amide bonds. The fourth-order valence-electron chi connectivity index (χ4n) is 3.90. The van der Waals surface area contributed by atoms with Gasteiger partial charge in [-0.1, -0.05) is 0 Å². The molecule has 156 valence electrons. The number of nitrogens with one attached hydrogen (secondary N) is 2. The minimum atomic E-state index is 0. The van der Waals surface area contributed by atoms with E-state index in [0.29, 0.717) is 29.2 Å². The van der Waals surface area contributed by atoms with Gasteiger partial charge in [0, 0.05) is 17.5 Å². The molecule has 3 heterocycles. The van der Waals surface area contributed by atoms with Crippen LogP contribution < -0.4 is 19.5 Å². The zero-order chi connectivity index (χ0) is 19.7. The molecule has 29 heavy (non-hydrogen) atoms. The monoisotopic (exact) mass is 418 g/mol. The summed E-state index contributed by atoms with van der Waals surface area (Å²) in [5.74, 6) is 3.26. The van der Waals surface area contributed by atoms with Crippen LogP contribution in [0.2, 0.25) is 0 Å². The Morgan fingerprint density at radius 3 is 2.34 bits per heavy atom. The molecule has 1 saturated heterocycles. The van der Waals surface area contributed by atoms with E-state index in [9.17, 15) is 0 Å². The maximum absolute atomic E-state index is 5.46. The Morgan fingerprint density at radius 1 is 1.00 bits per heavy atom. The Balaban J connectivity index is 0.00000240. The average Bonchev–Trinajstić information content (AvgIpc) is 3.16. The van der Waals surface area contributed by atoms with Gasteiger partial charge >= 0.3 is 0 Å². The zero-order valence-electron chi connectivity index (χ0n) is 17.1. The van der Waals surface area contributed by atoms with Crippen molar-refractivity contribution in [2.45, 2.75) is 31.7 Å². The highest BCUT2D eigenvalue weighted by Gasteiger charge is 2.23. The molecule has 0 radical (unpaired) electrons. The quantitative estimate of drug-likeness (QED) is 0.654. The van der Waals surface area contributed by atoms with E-state index >= 15 is 0 Å². The number of hydrogen-bond donors (Lipinski definition) is 2. The molecule has 2 N–H and O–H groups in total. The minimum Gasteiger partial charge on any atom is -0.493 e. The number of H-pyrrole nitrogens is 1. The molecule has 3 aliphatic rings. The fourth-order valence-corrected chi connectivity index (χ4v) is 3.90. The molecule has 1 aromatic carbocycles. The first-order chi connectivity index (χ1) is 13.6. The summed E-state index contributed by atoms with van der Waals surface area (Å²) in [6.45, 7) is 3.24. The lowest BCUT2D eigenvalue weighted by atomic mass is 9.92. The third-order valence-corrected chi connectivity index (χ3v) is 5.36. The van der Waals surface area contributed by atoms with Crippen molar-refractivity contribution >= 4 is 12.4 Å². The van der Waals surface area contributed by atoms with Gasteiger partial charge in [0.2, 0.25) is 5.75 Å². The molecule has 0 aromatic heterocycles. The molecule has 0 aliphatic carbocycles. The average molecular weight is 419 g/mol. The van der Waals surface area contributed by atoms with Crippen LogP contribution in [0, 0.1) is 0 Å². The van der Waals surface area contributed by atoms with Crippen LogP contribution in [0.3, 0.4) is 0 Å². The molecule has 1 aromatic rings. The van der Waals surface area contributed by atoms with Crippen LogP contribution in [-0.2, 0) is 0 Å². The van der Waals surface area contributed by atoms with Crippen LogP contribution in [0.25, 0.3) is 22.6 Å². The number of aromatic amines is 1. The predicted molar refractivity (Wildman–Crippen MR) is 115 cm³/mol. The molecule has 8 heteroatoms. The second kappa shape index (κ2) is 8.88. The largest absolute Gasteiger partial charge is 0.493 e. The molecule has 0 bridgehead atoms. The highest BCUT2D eigenvalue weighted by molar-refractivity contribution is 5.85. The third-order valence-electron chi connectivity index (χ3n) is 5.36. The Bertz CT molecular complexity index is 921. The Hall–Kier alpha value is -2.51. The Morgan fingerprint density at radius 2 is 1.72 bits per heavy atom. The molecular formula is C21H27ClN4O3. The Labute approximate surface area is 176 Å². The first-order valence-electron chi connectivity index (χ1n) is 9.52. The second-order valence-corrected chi connectivity index (χ2v) is 7.20. The number of fused-ring (bicyclic) bond motifs is 1. The first kappa shape index (κ1) is 21.2. The maximum atomic E-state index is 5.46. The number of benzene rings is 1. The molecule has 2 atom stereocenters. The van der Waals surface area contributed by atoms with E-state index in [-0.39, 0.29) is 12.4 Å². The van der Waals surface area contributed by atoms with Crippen molar-refractivity contribution in [2.24, 2.45) is 0 Å². The number of halogens is 1. The van der Waals surface area contributed by atoms with Gasteiger partial charge in [0.05, 0.1) is 38.9 Å². The summed E-state index contributed by atoms with van der Waals surface area (Å²) in [6, 6.07) is 6.37. The smallest absolute Gasteiger partial charge is 0.203 e. The van der Waals surface area contributed by atoms with E-state index in [4.69, 9.17) is 19.2 Å². The van der Waals surface area contributed by atoms with Crippen molar-refractivity contribution in [3.05, 3.63) is 30.2 Å². The summed E-state index contributed by atoms with van der Waals surface area (Å²) in [5, 5.41) is 3.49. The SMILES string of the molecule is COc1cc(-c2cc3[nH]c(C4CCNC(C)C4)ncc-3n2)cc(OC)c1OC.Cl. The van der Waals surface area contributed by atoms with Gasteiger partial charge in [0.25, 0.3) is 0 Å². The molecule has 4 rings (SSSR count). The van der Waals surface area contributed by atoms with Crippen molar-refractivity contribution in [3.63, 3.8) is 0 Å². The van der Waals surface area contributed by atoms with Gasteiger partial charge in [-0.25, -0.2) is 9.97 Å². The highest BCUT2D eigenvalue weighted by atomic mass is 35.5. The maximum Gasteiger partial charge on any atom is 0.203 e. The summed E-state index contributed by atoms with van der Waals surface area (Å²) in [5.41, 5.74) is 3.56. The minimum absolute atomic E-state index is 0. The molecule has 0 saturated carbocycles. The van der Waals surface area contributed by atoms with Crippen molar-refractivity contribution in [1.82, 2.24) is 20.3 Å². The summed E-state index contributed by atoms with van der Waals surface area (Å²) < 4.78 is 16.3. The van der Waals surface area contributed by atoms with Gasteiger partial charge in [-0.05, 0) is 44.5 Å². The van der Waals surface area contributed by atoms with Crippen LogP contribution in [-0.4, -0.2) is 48.9 Å². The number of piperidine rings is 1. The fraction of sp³-hybridized carbons (Fsp3) is 0.429. The first-order valence-corrected chi connectivity index (χ1v) is 9.52. The van der Waals surface area contributed by atoms with E-state index in [2.05, 4.69) is 22.2 Å². The van der Waals surface area contributed by atoms with Crippen LogP contribution in [0.4, 0.5) is 0 Å². The molecule has 2 unspecified atom stereocenters. The topological polar surface area (TPSA) is 81.3 Å². The van der Waals surface area contributed by atoms with E-state index in [1.165, 1.54) is 0 Å². The van der Waals surface area contributed by atoms with Gasteiger partial charge in [0.1, 0.15) is 11.5 Å². The second-order valence-electron chi connectivity index (χ2n) is 7.20. The zero-order valence-corrected chi connectivity index (χ0v) is 17.9. The summed E-state index contributed by atoms with van der Waals surface area (Å²) >= 11 is 0. The van der Waals surface area contributed by atoms with Gasteiger partial charge in [-0.2, -0.15) is 0 Å². The normalized spacial score (nSPS) is 18.9. The number of hydrogen-bond acceptors (Lipinski definition) is 6. The van der Waals surface area contributed by atoms with Gasteiger partial charge in [-0.15, -0.1) is 12.4 Å². The van der Waals surface area contributed by atoms with E-state index < -0.39 is 0 Å². The number of nitrogens with zero attached hydrogens (tertiary/aromatic N) is 2. The van der Waals surface area contributed by atoms with Crippen molar-refractivity contribution < 1.29 is 14.2 Å². The molecule has 0 spiro atoms. The van der Waals surface area contributed by atoms with Crippen molar-refractivity contribution in [1.29, 1.82) is 0 Å². The molecule has 1 fully saturated rings. The Kier molecular flexibility index (Phi) is 6.49. The van der Waals surface area contributed by atoms with Crippen LogP contribution in [0.5, 0.6) is 17.2 Å². The van der Waals surface area contributed by atoms with Gasteiger partial charge < -0.3 is 24.5 Å². The number of methoxy groups -OCH3 is 3. The number of rotatable bonds is 5. The van der Waals surface area contributed by atoms with Gasteiger partial charge in [0.15, 0.2) is 11.5 Å². The molecular weight excluding hydrogens is 392 g/mol. The van der Waals surface area contributed by atoms with Crippen molar-refractivity contribution in [2.75, 3.05) is 27.9 Å². The number of aromatic nitrogens is 3. The van der Waals surface area contributed by atoms with Crippen LogP contribution >= 0.6 is 12.4 Å². The lowest BCUT2D eigenvalue weighted by molar-refractivity contribution is 0.324. The van der Waals surface area contributed by atoms with Crippen molar-refractivity contribution in [3.8, 4) is 39.9 Å². The lowest BCUT2D eigenvalue weighted by Crippen LogP contribution is -2.35. The lowest BCUT2D eigenvalue weighted by Gasteiger charge is -2.27. The van der Waals surface area contributed by atoms with Crippen LogP contribution in [0.1, 0.15) is 31.5 Å². The van der Waals surface area contributed by atoms with E-state index in [1.807, 2.05) is 24.4 Å². The molecule has 3 aliphatic heterocycles. The summed E-state index contributed by atoms with van der Waals surface area (Å²) in [4.78, 5) is 12.9. The summed E-state index contributed by atoms with van der Waals surface area (Å²) in [7, 11) is 4.82. The standard InChI is InChI=1S/C21H26N4O3.ClH/c1-12-7-13(5-6-22-12)21-23-11-17-16(25-21)10-15(24-17)14-8-18(26-2)20(28-4)19(9-14)27-3;/h8-13,22H,5-7H2,1-4H3,(H,23,25);1H.